The second kappa shape index (κ2) is 5.90. The number of halogens is 1. The smallest absolute Gasteiger partial charge is 0.415 e. The first kappa shape index (κ1) is 16.2. The number of fused-ring (bicyclic) bond motifs is 3. The van der Waals surface area contributed by atoms with Gasteiger partial charge in [0.05, 0.1) is 24.5 Å². The molecule has 0 aliphatic carbocycles. The van der Waals surface area contributed by atoms with Crippen molar-refractivity contribution in [2.24, 2.45) is 5.73 Å². The van der Waals surface area contributed by atoms with E-state index in [1.165, 1.54) is 6.07 Å². The summed E-state index contributed by atoms with van der Waals surface area (Å²) in [4.78, 5) is 24.3. The molecule has 4 N–H and O–H groups in total. The molecule has 1 atom stereocenters. The molecule has 0 spiro atoms. The van der Waals surface area contributed by atoms with Crippen molar-refractivity contribution in [1.82, 2.24) is 10.2 Å². The van der Waals surface area contributed by atoms with Crippen LogP contribution in [0.5, 0.6) is 5.75 Å². The average molecular weight is 361 g/mol. The van der Waals surface area contributed by atoms with E-state index in [2.05, 4.69) is 15.5 Å². The standard InChI is InChI=1S/C16H16FN5O4/c1-19-15-8-4-5-25-13-7(12(8)20-21-15)2-3-9(11(13)17)22-6-10(14(18)23)26-16(22)24/h2-3,10H,4-6H2,1H3,(H2,18,23)(H2,19,20,21)/t10-/m1/s1. The number of nitrogens with zero attached hydrogens (tertiary/aromatic N) is 2. The van der Waals surface area contributed by atoms with Crippen LogP contribution in [0.1, 0.15) is 5.56 Å². The molecule has 2 amide bonds. The van der Waals surface area contributed by atoms with Gasteiger partial charge in [0.2, 0.25) is 0 Å². The minimum Gasteiger partial charge on any atom is -0.489 e. The van der Waals surface area contributed by atoms with E-state index in [9.17, 15) is 9.59 Å². The summed E-state index contributed by atoms with van der Waals surface area (Å²) in [7, 11) is 1.75. The average Bonchev–Trinajstić information content (AvgIpc) is 3.14. The predicted molar refractivity (Wildman–Crippen MR) is 89.5 cm³/mol. The summed E-state index contributed by atoms with van der Waals surface area (Å²) in [6.07, 6.45) is -1.40. The van der Waals surface area contributed by atoms with Gasteiger partial charge in [-0.1, -0.05) is 0 Å². The Morgan fingerprint density at radius 3 is 3.00 bits per heavy atom. The number of benzene rings is 1. The molecular weight excluding hydrogens is 345 g/mol. The monoisotopic (exact) mass is 361 g/mol. The highest BCUT2D eigenvalue weighted by Gasteiger charge is 2.38. The number of hydrogen-bond acceptors (Lipinski definition) is 6. The van der Waals surface area contributed by atoms with Gasteiger partial charge >= 0.3 is 6.09 Å². The molecule has 2 aliphatic rings. The highest BCUT2D eigenvalue weighted by molar-refractivity contribution is 5.96. The van der Waals surface area contributed by atoms with E-state index in [4.69, 9.17) is 15.2 Å². The van der Waals surface area contributed by atoms with E-state index in [0.717, 1.165) is 10.5 Å². The number of H-pyrrole nitrogens is 1. The third kappa shape index (κ3) is 2.33. The fraction of sp³-hybridized carbons (Fsp3) is 0.312. The maximum atomic E-state index is 15.1. The number of carbonyl (C=O) groups excluding carboxylic acids is 2. The maximum Gasteiger partial charge on any atom is 0.415 e. The summed E-state index contributed by atoms with van der Waals surface area (Å²) < 4.78 is 25.6. The first-order valence-electron chi connectivity index (χ1n) is 7.99. The highest BCUT2D eigenvalue weighted by atomic mass is 19.1. The van der Waals surface area contributed by atoms with Crippen molar-refractivity contribution in [2.75, 3.05) is 30.4 Å². The Morgan fingerprint density at radius 1 is 1.50 bits per heavy atom. The van der Waals surface area contributed by atoms with Gasteiger partial charge in [-0.3, -0.25) is 14.8 Å². The number of primary amides is 1. The second-order valence-electron chi connectivity index (χ2n) is 5.93. The molecule has 0 unspecified atom stereocenters. The largest absolute Gasteiger partial charge is 0.489 e. The van der Waals surface area contributed by atoms with Gasteiger partial charge in [-0.25, -0.2) is 9.18 Å². The van der Waals surface area contributed by atoms with Crippen LogP contribution in [0.15, 0.2) is 12.1 Å². The topological polar surface area (TPSA) is 123 Å². The molecule has 0 bridgehead atoms. The van der Waals surface area contributed by atoms with E-state index in [1.807, 2.05) is 0 Å². The van der Waals surface area contributed by atoms with Crippen LogP contribution in [0.2, 0.25) is 0 Å². The van der Waals surface area contributed by atoms with Crippen molar-refractivity contribution in [3.05, 3.63) is 23.5 Å². The zero-order valence-electron chi connectivity index (χ0n) is 13.8. The first-order chi connectivity index (χ1) is 12.5. The van der Waals surface area contributed by atoms with Gasteiger partial charge in [-0.2, -0.15) is 5.10 Å². The molecule has 136 valence electrons. The van der Waals surface area contributed by atoms with Crippen LogP contribution in [0, 0.1) is 5.82 Å². The Hall–Kier alpha value is -3.30. The molecule has 0 saturated carbocycles. The molecule has 1 aromatic carbocycles. The normalized spacial score (nSPS) is 18.5. The number of ether oxygens (including phenoxy) is 2. The molecule has 1 fully saturated rings. The van der Waals surface area contributed by atoms with E-state index in [0.29, 0.717) is 23.5 Å². The van der Waals surface area contributed by atoms with Crippen molar-refractivity contribution in [3.63, 3.8) is 0 Å². The number of aromatic nitrogens is 2. The Kier molecular flexibility index (Phi) is 3.67. The SMILES string of the molecule is CNc1n[nH]c2c1CCOc1c-2ccc(N2C[C@H](C(N)=O)OC2=O)c1F. The van der Waals surface area contributed by atoms with Gasteiger partial charge in [0.1, 0.15) is 0 Å². The van der Waals surface area contributed by atoms with Crippen molar-refractivity contribution in [3.8, 4) is 17.0 Å². The van der Waals surface area contributed by atoms with Crippen molar-refractivity contribution < 1.29 is 23.5 Å². The summed E-state index contributed by atoms with van der Waals surface area (Å²) >= 11 is 0. The number of anilines is 2. The van der Waals surface area contributed by atoms with Gasteiger partial charge in [0, 0.05) is 24.6 Å². The molecule has 2 aromatic rings. The minimum absolute atomic E-state index is 0.0166. The molecule has 1 aromatic heterocycles. The lowest BCUT2D eigenvalue weighted by atomic mass is 10.0. The van der Waals surface area contributed by atoms with Crippen LogP contribution in [-0.4, -0.2) is 48.5 Å². The number of aromatic amines is 1. The maximum absolute atomic E-state index is 15.1. The van der Waals surface area contributed by atoms with Crippen LogP contribution >= 0.6 is 0 Å². The number of cyclic esters (lactones) is 1. The highest BCUT2D eigenvalue weighted by Crippen LogP contribution is 2.42. The Morgan fingerprint density at radius 2 is 2.31 bits per heavy atom. The van der Waals surface area contributed by atoms with Gasteiger partial charge in [-0.15, -0.1) is 0 Å². The van der Waals surface area contributed by atoms with Crippen LogP contribution in [0.4, 0.5) is 20.7 Å². The second-order valence-corrected chi connectivity index (χ2v) is 5.93. The first-order valence-corrected chi connectivity index (χ1v) is 7.99. The van der Waals surface area contributed by atoms with Crippen LogP contribution in [-0.2, 0) is 16.0 Å². The molecule has 1 saturated heterocycles. The molecule has 9 nitrogen and oxygen atoms in total. The molecule has 4 rings (SSSR count). The van der Waals surface area contributed by atoms with Gasteiger partial charge in [0.15, 0.2) is 23.5 Å². The molecule has 10 heteroatoms. The van der Waals surface area contributed by atoms with E-state index in [-0.39, 0.29) is 24.6 Å². The van der Waals surface area contributed by atoms with Gasteiger partial charge in [-0.05, 0) is 12.1 Å². The lowest BCUT2D eigenvalue weighted by Gasteiger charge is -2.17. The lowest BCUT2D eigenvalue weighted by molar-refractivity contribution is -0.124. The van der Waals surface area contributed by atoms with Crippen LogP contribution in [0.25, 0.3) is 11.3 Å². The third-order valence-electron chi connectivity index (χ3n) is 4.47. The Labute approximate surface area is 147 Å². The quantitative estimate of drug-likeness (QED) is 0.750. The number of carbonyl (C=O) groups is 2. The fourth-order valence-corrected chi connectivity index (χ4v) is 3.19. The fourth-order valence-electron chi connectivity index (χ4n) is 3.19. The molecule has 0 radical (unpaired) electrons. The van der Waals surface area contributed by atoms with Crippen LogP contribution in [0.3, 0.4) is 0 Å². The third-order valence-corrected chi connectivity index (χ3v) is 4.47. The van der Waals surface area contributed by atoms with Crippen molar-refractivity contribution in [1.29, 1.82) is 0 Å². The van der Waals surface area contributed by atoms with E-state index < -0.39 is 23.9 Å². The molecule has 2 aliphatic heterocycles. The summed E-state index contributed by atoms with van der Waals surface area (Å²) in [6.45, 7) is 0.103. The number of amides is 2. The van der Waals surface area contributed by atoms with Gasteiger partial charge in [0.25, 0.3) is 5.91 Å². The zero-order chi connectivity index (χ0) is 18.4. The van der Waals surface area contributed by atoms with Gasteiger partial charge < -0.3 is 20.5 Å². The number of hydrogen-bond donors (Lipinski definition) is 3. The number of nitrogens with two attached hydrogens (primary N) is 1. The summed E-state index contributed by atoms with van der Waals surface area (Å²) in [5.41, 5.74) is 7.19. The predicted octanol–water partition coefficient (Wildman–Crippen LogP) is 1.00. The van der Waals surface area contributed by atoms with E-state index in [1.54, 1.807) is 13.1 Å². The summed E-state index contributed by atoms with van der Waals surface area (Å²) in [5, 5.41) is 10.1. The zero-order valence-corrected chi connectivity index (χ0v) is 13.8. The Bertz CT molecular complexity index is 912. The van der Waals surface area contributed by atoms with Crippen LogP contribution < -0.4 is 20.7 Å². The van der Waals surface area contributed by atoms with Crippen molar-refractivity contribution in [2.45, 2.75) is 12.5 Å². The van der Waals surface area contributed by atoms with Crippen molar-refractivity contribution >= 4 is 23.5 Å². The molecule has 3 heterocycles. The summed E-state index contributed by atoms with van der Waals surface area (Å²) in [5.74, 6) is -0.803. The lowest BCUT2D eigenvalue weighted by Crippen LogP contribution is -2.32. The summed E-state index contributed by atoms with van der Waals surface area (Å²) in [6, 6.07) is 3.08. The van der Waals surface area contributed by atoms with E-state index >= 15 is 4.39 Å². The number of nitrogens with one attached hydrogen (secondary N) is 2. The Balaban J connectivity index is 1.77. The number of rotatable bonds is 3. The molecule has 26 heavy (non-hydrogen) atoms. The molecular formula is C16H16FN5O4. The minimum atomic E-state index is -1.11.